The highest BCUT2D eigenvalue weighted by Gasteiger charge is 2.37. The summed E-state index contributed by atoms with van der Waals surface area (Å²) in [7, 11) is 0. The second-order valence-electron chi connectivity index (χ2n) is 8.49. The number of halogens is 3. The first-order valence-corrected chi connectivity index (χ1v) is 11.2. The van der Waals surface area contributed by atoms with Gasteiger partial charge in [-0.15, -0.1) is 0 Å². The van der Waals surface area contributed by atoms with E-state index in [1.54, 1.807) is 24.3 Å². The lowest BCUT2D eigenvalue weighted by Crippen LogP contribution is -2.35. The van der Waals surface area contributed by atoms with Gasteiger partial charge in [0.15, 0.2) is 0 Å². The molecule has 0 saturated carbocycles. The van der Waals surface area contributed by atoms with Crippen LogP contribution >= 0.6 is 0 Å². The molecule has 4 rings (SSSR count). The number of anilines is 3. The molecule has 2 unspecified atom stereocenters. The van der Waals surface area contributed by atoms with E-state index in [0.29, 0.717) is 24.5 Å². The molecule has 2 saturated heterocycles. The molecule has 2 aliphatic heterocycles. The van der Waals surface area contributed by atoms with Gasteiger partial charge in [-0.3, -0.25) is 9.59 Å². The van der Waals surface area contributed by atoms with Crippen molar-refractivity contribution in [3.8, 4) is 0 Å². The Morgan fingerprint density at radius 2 is 1.77 bits per heavy atom. The van der Waals surface area contributed by atoms with E-state index in [9.17, 15) is 27.6 Å². The Balaban J connectivity index is 1.29. The second kappa shape index (κ2) is 10.3. The Morgan fingerprint density at radius 3 is 2.43 bits per heavy atom. The summed E-state index contributed by atoms with van der Waals surface area (Å²) in [6.07, 6.45) is -2.70. The van der Waals surface area contributed by atoms with Crippen LogP contribution in [0.25, 0.3) is 0 Å². The van der Waals surface area contributed by atoms with Gasteiger partial charge in [-0.25, -0.2) is 4.79 Å². The van der Waals surface area contributed by atoms with Crippen LogP contribution in [0.1, 0.15) is 24.8 Å². The fourth-order valence-electron chi connectivity index (χ4n) is 4.05. The highest BCUT2D eigenvalue weighted by atomic mass is 19.4. The van der Waals surface area contributed by atoms with Gasteiger partial charge in [0.1, 0.15) is 0 Å². The van der Waals surface area contributed by atoms with E-state index in [4.69, 9.17) is 4.74 Å². The van der Waals surface area contributed by atoms with Crippen LogP contribution in [-0.2, 0) is 20.5 Å². The Morgan fingerprint density at radius 1 is 1.06 bits per heavy atom. The van der Waals surface area contributed by atoms with Gasteiger partial charge in [0.25, 0.3) is 0 Å². The Labute approximate surface area is 199 Å². The van der Waals surface area contributed by atoms with Crippen LogP contribution < -0.4 is 20.9 Å². The zero-order chi connectivity index (χ0) is 25.0. The van der Waals surface area contributed by atoms with Crippen molar-refractivity contribution < 1.29 is 32.3 Å². The normalized spacial score (nSPS) is 20.1. The van der Waals surface area contributed by atoms with Crippen molar-refractivity contribution in [2.75, 3.05) is 35.2 Å². The van der Waals surface area contributed by atoms with Crippen LogP contribution in [0.4, 0.5) is 35.0 Å². The van der Waals surface area contributed by atoms with Crippen molar-refractivity contribution in [3.05, 3.63) is 54.1 Å². The van der Waals surface area contributed by atoms with Gasteiger partial charge in [-0.2, -0.15) is 13.2 Å². The maximum absolute atomic E-state index is 13.0. The molecule has 11 heteroatoms. The fraction of sp³-hybridized carbons (Fsp3) is 0.375. The zero-order valence-electron chi connectivity index (χ0n) is 18.7. The molecule has 0 bridgehead atoms. The van der Waals surface area contributed by atoms with Crippen LogP contribution in [0, 0.1) is 5.92 Å². The average Bonchev–Trinajstić information content (AvgIpc) is 3.48. The molecule has 186 valence electrons. The monoisotopic (exact) mass is 490 g/mol. The fourth-order valence-corrected chi connectivity index (χ4v) is 4.05. The van der Waals surface area contributed by atoms with Crippen LogP contribution in [0.3, 0.4) is 0 Å². The van der Waals surface area contributed by atoms with E-state index < -0.39 is 29.5 Å². The molecule has 2 fully saturated rings. The first-order chi connectivity index (χ1) is 16.7. The summed E-state index contributed by atoms with van der Waals surface area (Å²) in [5.41, 5.74) is 0.239. The van der Waals surface area contributed by atoms with Gasteiger partial charge in [-0.1, -0.05) is 6.07 Å². The van der Waals surface area contributed by atoms with Gasteiger partial charge >= 0.3 is 12.2 Å². The molecule has 35 heavy (non-hydrogen) atoms. The number of hydrogen-bond acceptors (Lipinski definition) is 4. The minimum atomic E-state index is -4.53. The molecule has 0 spiro atoms. The molecule has 0 aliphatic carbocycles. The van der Waals surface area contributed by atoms with Crippen molar-refractivity contribution in [1.82, 2.24) is 5.32 Å². The smallest absolute Gasteiger partial charge is 0.376 e. The van der Waals surface area contributed by atoms with Crippen molar-refractivity contribution in [2.45, 2.75) is 31.5 Å². The summed E-state index contributed by atoms with van der Waals surface area (Å²) in [5.74, 6) is -1.54. The predicted molar refractivity (Wildman–Crippen MR) is 123 cm³/mol. The number of nitrogens with one attached hydrogen (secondary N) is 3. The van der Waals surface area contributed by atoms with Crippen LogP contribution in [0.5, 0.6) is 0 Å². The van der Waals surface area contributed by atoms with Gasteiger partial charge in [0.05, 0.1) is 17.6 Å². The van der Waals surface area contributed by atoms with Crippen molar-refractivity contribution >= 4 is 34.9 Å². The zero-order valence-corrected chi connectivity index (χ0v) is 18.7. The van der Waals surface area contributed by atoms with E-state index in [0.717, 1.165) is 25.0 Å². The number of ether oxygens (including phenoxy) is 1. The number of carbonyl (C=O) groups is 3. The maximum Gasteiger partial charge on any atom is 0.416 e. The summed E-state index contributed by atoms with van der Waals surface area (Å²) in [5, 5.41) is 8.16. The molecule has 0 aromatic heterocycles. The number of amides is 4. The third kappa shape index (κ3) is 6.30. The Kier molecular flexibility index (Phi) is 7.25. The maximum atomic E-state index is 13.0. The number of alkyl halides is 3. The minimum absolute atomic E-state index is 0.0174. The number of carbonyl (C=O) groups excluding carboxylic acids is 3. The molecule has 2 heterocycles. The van der Waals surface area contributed by atoms with E-state index in [-0.39, 0.29) is 30.8 Å². The molecule has 2 aromatic carbocycles. The highest BCUT2D eigenvalue weighted by molar-refractivity contribution is 6.03. The SMILES string of the molecule is O=C(NCC1CCCO1)Nc1ccc(NC(=O)C2CC(=O)N(c3cccc(C(F)(F)F)c3)C2)cc1. The highest BCUT2D eigenvalue weighted by Crippen LogP contribution is 2.33. The predicted octanol–water partition coefficient (Wildman–Crippen LogP) is 4.00. The summed E-state index contributed by atoms with van der Waals surface area (Å²) in [6.45, 7) is 1.12. The third-order valence-corrected chi connectivity index (χ3v) is 5.91. The van der Waals surface area contributed by atoms with E-state index in [1.807, 2.05) is 0 Å². The molecule has 2 aliphatic rings. The second-order valence-corrected chi connectivity index (χ2v) is 8.49. The summed E-state index contributed by atoms with van der Waals surface area (Å²) in [6, 6.07) is 10.6. The molecule has 8 nitrogen and oxygen atoms in total. The number of urea groups is 1. The lowest BCUT2D eigenvalue weighted by atomic mass is 10.1. The van der Waals surface area contributed by atoms with E-state index in [2.05, 4.69) is 16.0 Å². The van der Waals surface area contributed by atoms with Gasteiger partial charge in [-0.05, 0) is 55.3 Å². The van der Waals surface area contributed by atoms with Gasteiger partial charge in [0, 0.05) is 43.2 Å². The molecule has 4 amide bonds. The molecule has 0 radical (unpaired) electrons. The van der Waals surface area contributed by atoms with Gasteiger partial charge in [0.2, 0.25) is 11.8 Å². The van der Waals surface area contributed by atoms with Gasteiger partial charge < -0.3 is 25.6 Å². The first kappa shape index (κ1) is 24.5. The number of rotatable bonds is 6. The van der Waals surface area contributed by atoms with Crippen molar-refractivity contribution in [1.29, 1.82) is 0 Å². The molecular weight excluding hydrogens is 465 g/mol. The number of nitrogens with zero attached hydrogens (tertiary/aromatic N) is 1. The van der Waals surface area contributed by atoms with Crippen LogP contribution in [0.15, 0.2) is 48.5 Å². The van der Waals surface area contributed by atoms with E-state index in [1.165, 1.54) is 17.0 Å². The van der Waals surface area contributed by atoms with Crippen LogP contribution in [0.2, 0.25) is 0 Å². The Bertz CT molecular complexity index is 1080. The topological polar surface area (TPSA) is 99.8 Å². The quantitative estimate of drug-likeness (QED) is 0.570. The van der Waals surface area contributed by atoms with E-state index >= 15 is 0 Å². The minimum Gasteiger partial charge on any atom is -0.376 e. The average molecular weight is 490 g/mol. The van der Waals surface area contributed by atoms with Crippen LogP contribution in [-0.4, -0.2) is 43.6 Å². The molecule has 2 aromatic rings. The largest absolute Gasteiger partial charge is 0.416 e. The number of benzene rings is 2. The summed E-state index contributed by atoms with van der Waals surface area (Å²) >= 11 is 0. The summed E-state index contributed by atoms with van der Waals surface area (Å²) in [4.78, 5) is 38.3. The third-order valence-electron chi connectivity index (χ3n) is 5.91. The molecular formula is C24H25F3N4O4. The first-order valence-electron chi connectivity index (χ1n) is 11.2. The lowest BCUT2D eigenvalue weighted by Gasteiger charge is -2.18. The molecule has 2 atom stereocenters. The Hall–Kier alpha value is -3.60. The summed E-state index contributed by atoms with van der Waals surface area (Å²) < 4.78 is 44.5. The lowest BCUT2D eigenvalue weighted by molar-refractivity contribution is -0.137. The van der Waals surface area contributed by atoms with Crippen molar-refractivity contribution in [3.63, 3.8) is 0 Å². The standard InChI is InChI=1S/C24H25F3N4O4/c25-24(26,27)16-3-1-4-19(12-16)31-14-15(11-21(31)32)22(33)29-17-6-8-18(9-7-17)30-23(34)28-13-20-5-2-10-35-20/h1,3-4,6-9,12,15,20H,2,5,10-11,13-14H2,(H,29,33)(H2,28,30,34). The number of hydrogen-bond donors (Lipinski definition) is 3. The van der Waals surface area contributed by atoms with Crippen molar-refractivity contribution in [2.24, 2.45) is 5.92 Å². The molecule has 3 N–H and O–H groups in total.